The van der Waals surface area contributed by atoms with Gasteiger partial charge in [0.15, 0.2) is 0 Å². The standard InChI is InChI=1S/C12H24O3/c1-9(8-14-6)11(3)15-12(4,5)7-10(2)13/h10,13H,7-8H2,1-6H3/b11-9+. The van der Waals surface area contributed by atoms with Crippen molar-refractivity contribution in [2.75, 3.05) is 13.7 Å². The van der Waals surface area contributed by atoms with E-state index in [-0.39, 0.29) is 11.7 Å². The van der Waals surface area contributed by atoms with Crippen molar-refractivity contribution in [3.8, 4) is 0 Å². The first-order valence-electron chi connectivity index (χ1n) is 5.31. The van der Waals surface area contributed by atoms with Crippen molar-refractivity contribution in [3.63, 3.8) is 0 Å². The summed E-state index contributed by atoms with van der Waals surface area (Å²) in [6, 6.07) is 0. The van der Waals surface area contributed by atoms with E-state index >= 15 is 0 Å². The Morgan fingerprint density at radius 3 is 2.27 bits per heavy atom. The molecule has 0 aromatic heterocycles. The van der Waals surface area contributed by atoms with Crippen molar-refractivity contribution in [1.82, 2.24) is 0 Å². The molecule has 0 aromatic carbocycles. The Morgan fingerprint density at radius 1 is 1.33 bits per heavy atom. The molecule has 0 radical (unpaired) electrons. The van der Waals surface area contributed by atoms with Gasteiger partial charge in [-0.15, -0.1) is 0 Å². The highest BCUT2D eigenvalue weighted by Gasteiger charge is 2.22. The van der Waals surface area contributed by atoms with Gasteiger partial charge in [-0.25, -0.2) is 0 Å². The van der Waals surface area contributed by atoms with E-state index < -0.39 is 0 Å². The predicted octanol–water partition coefficient (Wildman–Crippen LogP) is 2.49. The van der Waals surface area contributed by atoms with Crippen molar-refractivity contribution >= 4 is 0 Å². The molecule has 0 bridgehead atoms. The van der Waals surface area contributed by atoms with Crippen molar-refractivity contribution < 1.29 is 14.6 Å². The summed E-state index contributed by atoms with van der Waals surface area (Å²) >= 11 is 0. The normalized spacial score (nSPS) is 15.9. The summed E-state index contributed by atoms with van der Waals surface area (Å²) in [5.74, 6) is 0.877. The van der Waals surface area contributed by atoms with Crippen LogP contribution in [0, 0.1) is 0 Å². The highest BCUT2D eigenvalue weighted by Crippen LogP contribution is 2.22. The Balaban J connectivity index is 4.37. The van der Waals surface area contributed by atoms with E-state index in [0.29, 0.717) is 13.0 Å². The topological polar surface area (TPSA) is 38.7 Å². The third-order valence-corrected chi connectivity index (χ3v) is 2.18. The highest BCUT2D eigenvalue weighted by molar-refractivity contribution is 5.04. The Bertz CT molecular complexity index is 217. The van der Waals surface area contributed by atoms with Gasteiger partial charge in [-0.3, -0.25) is 0 Å². The summed E-state index contributed by atoms with van der Waals surface area (Å²) in [5, 5.41) is 9.32. The molecule has 1 N–H and O–H groups in total. The number of hydrogen-bond acceptors (Lipinski definition) is 3. The molecule has 0 aromatic rings. The lowest BCUT2D eigenvalue weighted by Crippen LogP contribution is -2.28. The molecule has 0 heterocycles. The molecule has 0 rings (SSSR count). The minimum atomic E-state index is -0.351. The van der Waals surface area contributed by atoms with Crippen molar-refractivity contribution in [1.29, 1.82) is 0 Å². The fourth-order valence-electron chi connectivity index (χ4n) is 1.57. The summed E-state index contributed by atoms with van der Waals surface area (Å²) < 4.78 is 10.8. The van der Waals surface area contributed by atoms with E-state index in [1.54, 1.807) is 14.0 Å². The van der Waals surface area contributed by atoms with Crippen molar-refractivity contribution in [2.24, 2.45) is 0 Å². The van der Waals surface area contributed by atoms with Crippen LogP contribution in [0.15, 0.2) is 11.3 Å². The lowest BCUT2D eigenvalue weighted by molar-refractivity contribution is -0.00709. The maximum Gasteiger partial charge on any atom is 0.105 e. The van der Waals surface area contributed by atoms with E-state index in [1.807, 2.05) is 27.7 Å². The first-order valence-corrected chi connectivity index (χ1v) is 5.31. The predicted molar refractivity (Wildman–Crippen MR) is 61.7 cm³/mol. The monoisotopic (exact) mass is 216 g/mol. The molecule has 0 fully saturated rings. The summed E-state index contributed by atoms with van der Waals surface area (Å²) in [5.41, 5.74) is 0.740. The molecule has 90 valence electrons. The molecule has 0 saturated carbocycles. The van der Waals surface area contributed by atoms with Gasteiger partial charge in [-0.05, 0) is 40.2 Å². The summed E-state index contributed by atoms with van der Waals surface area (Å²) in [4.78, 5) is 0. The van der Waals surface area contributed by atoms with Crippen LogP contribution in [0.5, 0.6) is 0 Å². The molecule has 15 heavy (non-hydrogen) atoms. The molecular weight excluding hydrogens is 192 g/mol. The minimum Gasteiger partial charge on any atom is -0.492 e. The van der Waals surface area contributed by atoms with Crippen LogP contribution in [0.25, 0.3) is 0 Å². The van der Waals surface area contributed by atoms with Crippen LogP contribution in [0.1, 0.15) is 41.0 Å². The highest BCUT2D eigenvalue weighted by atomic mass is 16.5. The van der Waals surface area contributed by atoms with E-state index in [0.717, 1.165) is 11.3 Å². The summed E-state index contributed by atoms with van der Waals surface area (Å²) in [6.45, 7) is 10.2. The number of hydrogen-bond donors (Lipinski definition) is 1. The Kier molecular flexibility index (Phi) is 5.91. The molecule has 0 aliphatic rings. The largest absolute Gasteiger partial charge is 0.492 e. The zero-order valence-electron chi connectivity index (χ0n) is 10.8. The van der Waals surface area contributed by atoms with E-state index in [9.17, 15) is 5.11 Å². The molecule has 0 amide bonds. The van der Waals surface area contributed by atoms with Gasteiger partial charge < -0.3 is 14.6 Å². The third kappa shape index (κ3) is 6.52. The lowest BCUT2D eigenvalue weighted by atomic mass is 10.0. The van der Waals surface area contributed by atoms with Crippen LogP contribution >= 0.6 is 0 Å². The SMILES string of the molecule is COC/C(C)=C(\C)OC(C)(C)CC(C)O. The molecular formula is C12H24O3. The van der Waals surface area contributed by atoms with Crippen LogP contribution in [-0.2, 0) is 9.47 Å². The second-order valence-corrected chi connectivity index (χ2v) is 4.68. The average molecular weight is 216 g/mol. The van der Waals surface area contributed by atoms with Gasteiger partial charge in [0, 0.05) is 13.5 Å². The molecule has 3 nitrogen and oxygen atoms in total. The number of aliphatic hydroxyl groups is 1. The van der Waals surface area contributed by atoms with Gasteiger partial charge >= 0.3 is 0 Å². The number of aliphatic hydroxyl groups excluding tert-OH is 1. The van der Waals surface area contributed by atoms with Crippen LogP contribution in [0.4, 0.5) is 0 Å². The minimum absolute atomic E-state index is 0.340. The van der Waals surface area contributed by atoms with Crippen molar-refractivity contribution in [2.45, 2.75) is 52.7 Å². The third-order valence-electron chi connectivity index (χ3n) is 2.18. The van der Waals surface area contributed by atoms with Gasteiger partial charge in [-0.2, -0.15) is 0 Å². The lowest BCUT2D eigenvalue weighted by Gasteiger charge is -2.29. The Labute approximate surface area is 93.1 Å². The van der Waals surface area contributed by atoms with Gasteiger partial charge in [-0.1, -0.05) is 0 Å². The maximum atomic E-state index is 9.32. The van der Waals surface area contributed by atoms with E-state index in [4.69, 9.17) is 9.47 Å². The molecule has 0 spiro atoms. The second-order valence-electron chi connectivity index (χ2n) is 4.68. The first-order chi connectivity index (χ1) is 6.78. The zero-order valence-corrected chi connectivity index (χ0v) is 10.8. The summed E-state index contributed by atoms with van der Waals surface area (Å²) in [6.07, 6.45) is 0.264. The molecule has 0 aliphatic heterocycles. The van der Waals surface area contributed by atoms with Crippen LogP contribution < -0.4 is 0 Å². The molecule has 0 saturated heterocycles. The van der Waals surface area contributed by atoms with Crippen LogP contribution in [0.2, 0.25) is 0 Å². The maximum absolute atomic E-state index is 9.32. The molecule has 1 unspecified atom stereocenters. The fourth-order valence-corrected chi connectivity index (χ4v) is 1.57. The van der Waals surface area contributed by atoms with E-state index in [2.05, 4.69) is 0 Å². The quantitative estimate of drug-likeness (QED) is 0.693. The smallest absolute Gasteiger partial charge is 0.105 e. The first kappa shape index (κ1) is 14.5. The van der Waals surface area contributed by atoms with Gasteiger partial charge in [0.2, 0.25) is 0 Å². The average Bonchev–Trinajstić information content (AvgIpc) is 2.00. The van der Waals surface area contributed by atoms with Gasteiger partial charge in [0.05, 0.1) is 18.5 Å². The number of ether oxygens (including phenoxy) is 2. The molecule has 0 aliphatic carbocycles. The summed E-state index contributed by atoms with van der Waals surface area (Å²) in [7, 11) is 1.66. The molecule has 3 heteroatoms. The second kappa shape index (κ2) is 6.13. The number of rotatable bonds is 6. The van der Waals surface area contributed by atoms with E-state index in [1.165, 1.54) is 0 Å². The fraction of sp³-hybridized carbons (Fsp3) is 0.833. The Hall–Kier alpha value is -0.540. The van der Waals surface area contributed by atoms with Gasteiger partial charge in [0.1, 0.15) is 5.60 Å². The zero-order chi connectivity index (χ0) is 12.1. The molecule has 1 atom stereocenters. The van der Waals surface area contributed by atoms with Crippen LogP contribution in [-0.4, -0.2) is 30.5 Å². The van der Waals surface area contributed by atoms with Crippen LogP contribution in [0.3, 0.4) is 0 Å². The Morgan fingerprint density at radius 2 is 1.87 bits per heavy atom. The number of methoxy groups -OCH3 is 1. The van der Waals surface area contributed by atoms with Crippen molar-refractivity contribution in [3.05, 3.63) is 11.3 Å². The number of allylic oxidation sites excluding steroid dienone is 1. The van der Waals surface area contributed by atoms with Gasteiger partial charge in [0.25, 0.3) is 0 Å².